The number of amides is 1. The summed E-state index contributed by atoms with van der Waals surface area (Å²) in [6.45, 7) is 2.68. The van der Waals surface area contributed by atoms with Crippen molar-refractivity contribution in [3.05, 3.63) is 47.2 Å². The minimum Gasteiger partial charge on any atom is -0.383 e. The number of nitrogens with two attached hydrogens (primary N) is 1. The van der Waals surface area contributed by atoms with Gasteiger partial charge < -0.3 is 10.6 Å². The van der Waals surface area contributed by atoms with Crippen LogP contribution < -0.4 is 5.73 Å². The summed E-state index contributed by atoms with van der Waals surface area (Å²) in [6.07, 6.45) is 6.55. The van der Waals surface area contributed by atoms with Crippen molar-refractivity contribution in [2.75, 3.05) is 12.3 Å². The van der Waals surface area contributed by atoms with Crippen LogP contribution in [0.2, 0.25) is 0 Å². The summed E-state index contributed by atoms with van der Waals surface area (Å²) in [5, 5.41) is 4.30. The van der Waals surface area contributed by atoms with E-state index >= 15 is 0 Å². The number of carbonyl (C=O) groups excluding carboxylic acids is 1. The van der Waals surface area contributed by atoms with Crippen LogP contribution in [0.1, 0.15) is 53.7 Å². The Kier molecular flexibility index (Phi) is 5.41. The summed E-state index contributed by atoms with van der Waals surface area (Å²) in [5.74, 6) is 0.517. The van der Waals surface area contributed by atoms with E-state index in [0.29, 0.717) is 17.4 Å². The molecule has 1 aromatic heterocycles. The van der Waals surface area contributed by atoms with Gasteiger partial charge in [0, 0.05) is 19.6 Å². The second-order valence-electron chi connectivity index (χ2n) is 7.00. The highest BCUT2D eigenvalue weighted by molar-refractivity contribution is 5.99. The number of benzene rings is 1. The van der Waals surface area contributed by atoms with Gasteiger partial charge in [0.15, 0.2) is 0 Å². The molecular formula is C20H28N4O. The fraction of sp³-hybridized carbons (Fsp3) is 0.500. The van der Waals surface area contributed by atoms with E-state index in [1.165, 1.54) is 12.0 Å². The summed E-state index contributed by atoms with van der Waals surface area (Å²) in [7, 11) is 1.78. The van der Waals surface area contributed by atoms with Crippen molar-refractivity contribution in [2.45, 2.75) is 51.5 Å². The number of nitrogen functional groups attached to an aromatic ring is 1. The molecule has 2 heterocycles. The predicted octanol–water partition coefficient (Wildman–Crippen LogP) is 3.33. The molecule has 0 saturated carbocycles. The van der Waals surface area contributed by atoms with Gasteiger partial charge in [-0.05, 0) is 51.0 Å². The van der Waals surface area contributed by atoms with Crippen molar-refractivity contribution in [3.63, 3.8) is 0 Å². The first kappa shape index (κ1) is 17.5. The Labute approximate surface area is 149 Å². The van der Waals surface area contributed by atoms with E-state index in [1.54, 1.807) is 11.7 Å². The molecule has 2 N–H and O–H groups in total. The Balaban J connectivity index is 1.67. The number of nitrogens with zero attached hydrogens (tertiary/aromatic N) is 3. The molecule has 0 radical (unpaired) electrons. The monoisotopic (exact) mass is 340 g/mol. The van der Waals surface area contributed by atoms with Crippen LogP contribution in [0, 0.1) is 6.92 Å². The van der Waals surface area contributed by atoms with Gasteiger partial charge in [0.05, 0.1) is 5.69 Å². The number of likely N-dealkylation sites (tertiary alicyclic amines) is 1. The van der Waals surface area contributed by atoms with E-state index in [0.717, 1.165) is 44.3 Å². The second-order valence-corrected chi connectivity index (χ2v) is 7.00. The summed E-state index contributed by atoms with van der Waals surface area (Å²) < 4.78 is 1.59. The molecule has 0 bridgehead atoms. The molecule has 3 rings (SSSR count). The largest absolute Gasteiger partial charge is 0.383 e. The number of hydrogen-bond donors (Lipinski definition) is 1. The van der Waals surface area contributed by atoms with E-state index in [9.17, 15) is 4.79 Å². The highest BCUT2D eigenvalue weighted by Gasteiger charge is 2.30. The molecule has 0 spiro atoms. The van der Waals surface area contributed by atoms with Gasteiger partial charge >= 0.3 is 0 Å². The second kappa shape index (κ2) is 7.72. The zero-order valence-corrected chi connectivity index (χ0v) is 15.2. The predicted molar refractivity (Wildman–Crippen MR) is 100 cm³/mol. The number of anilines is 1. The smallest absolute Gasteiger partial charge is 0.259 e. The lowest BCUT2D eigenvalue weighted by Gasteiger charge is -2.36. The average Bonchev–Trinajstić information content (AvgIpc) is 2.88. The van der Waals surface area contributed by atoms with Gasteiger partial charge in [-0.1, -0.05) is 30.3 Å². The van der Waals surface area contributed by atoms with Crippen LogP contribution in [0.4, 0.5) is 5.82 Å². The van der Waals surface area contributed by atoms with E-state index < -0.39 is 0 Å². The maximum Gasteiger partial charge on any atom is 0.259 e. The van der Waals surface area contributed by atoms with Crippen LogP contribution in [-0.2, 0) is 13.5 Å². The average molecular weight is 340 g/mol. The first-order valence-corrected chi connectivity index (χ1v) is 9.22. The van der Waals surface area contributed by atoms with E-state index in [2.05, 4.69) is 29.4 Å². The maximum absolute atomic E-state index is 13.1. The summed E-state index contributed by atoms with van der Waals surface area (Å²) >= 11 is 0. The standard InChI is InChI=1S/C20H28N4O/c1-15-18(19(21)23(2)22-15)20(25)24-14-7-6-12-17(24)13-8-11-16-9-4-3-5-10-16/h3-5,9-10,17H,6-8,11-14,21H2,1-2H3/t17-/m0/s1. The fourth-order valence-corrected chi connectivity index (χ4v) is 3.84. The van der Waals surface area contributed by atoms with Gasteiger partial charge in [-0.15, -0.1) is 0 Å². The molecule has 1 fully saturated rings. The minimum atomic E-state index is 0.0486. The van der Waals surface area contributed by atoms with Gasteiger partial charge in [0.2, 0.25) is 0 Å². The van der Waals surface area contributed by atoms with Crippen molar-refractivity contribution in [3.8, 4) is 0 Å². The summed E-state index contributed by atoms with van der Waals surface area (Å²) in [6, 6.07) is 10.9. The molecule has 0 aliphatic carbocycles. The SMILES string of the molecule is Cc1nn(C)c(N)c1C(=O)N1CCCC[C@H]1CCCc1ccccc1. The van der Waals surface area contributed by atoms with E-state index in [-0.39, 0.29) is 5.91 Å². The lowest BCUT2D eigenvalue weighted by molar-refractivity contribution is 0.0599. The van der Waals surface area contributed by atoms with Crippen molar-refractivity contribution in [1.82, 2.24) is 14.7 Å². The summed E-state index contributed by atoms with van der Waals surface area (Å²) in [5.41, 5.74) is 8.75. The molecule has 1 amide bonds. The molecule has 134 valence electrons. The topological polar surface area (TPSA) is 64.2 Å². The Hall–Kier alpha value is -2.30. The third-order valence-electron chi connectivity index (χ3n) is 5.21. The van der Waals surface area contributed by atoms with Crippen LogP contribution in [0.25, 0.3) is 0 Å². The number of hydrogen-bond acceptors (Lipinski definition) is 3. The minimum absolute atomic E-state index is 0.0486. The molecule has 25 heavy (non-hydrogen) atoms. The molecule has 1 atom stereocenters. The van der Waals surface area contributed by atoms with Crippen LogP contribution in [0.15, 0.2) is 30.3 Å². The van der Waals surface area contributed by atoms with Gasteiger partial charge in [-0.25, -0.2) is 0 Å². The molecule has 1 saturated heterocycles. The first-order chi connectivity index (χ1) is 12.1. The van der Waals surface area contributed by atoms with Gasteiger partial charge in [-0.2, -0.15) is 5.10 Å². The van der Waals surface area contributed by atoms with E-state index in [1.807, 2.05) is 17.9 Å². The Morgan fingerprint density at radius 3 is 2.72 bits per heavy atom. The number of piperidine rings is 1. The van der Waals surface area contributed by atoms with Crippen LogP contribution in [0.3, 0.4) is 0 Å². The van der Waals surface area contributed by atoms with Gasteiger partial charge in [-0.3, -0.25) is 9.48 Å². The lowest BCUT2D eigenvalue weighted by atomic mass is 9.95. The van der Waals surface area contributed by atoms with E-state index in [4.69, 9.17) is 5.73 Å². The van der Waals surface area contributed by atoms with Crippen molar-refractivity contribution < 1.29 is 4.79 Å². The number of rotatable bonds is 5. The molecule has 1 aliphatic heterocycles. The van der Waals surface area contributed by atoms with Gasteiger partial charge in [0.25, 0.3) is 5.91 Å². The fourth-order valence-electron chi connectivity index (χ4n) is 3.84. The third kappa shape index (κ3) is 3.86. The van der Waals surface area contributed by atoms with Crippen LogP contribution in [0.5, 0.6) is 0 Å². The highest BCUT2D eigenvalue weighted by Crippen LogP contribution is 2.26. The van der Waals surface area contributed by atoms with Crippen molar-refractivity contribution in [2.24, 2.45) is 7.05 Å². The molecule has 1 aromatic carbocycles. The molecule has 5 heteroatoms. The number of carbonyl (C=O) groups is 1. The molecule has 1 aliphatic rings. The Morgan fingerprint density at radius 2 is 2.04 bits per heavy atom. The zero-order valence-electron chi connectivity index (χ0n) is 15.2. The molecular weight excluding hydrogens is 312 g/mol. The van der Waals surface area contributed by atoms with Crippen molar-refractivity contribution >= 4 is 11.7 Å². The lowest BCUT2D eigenvalue weighted by Crippen LogP contribution is -2.44. The normalized spacial score (nSPS) is 17.7. The van der Waals surface area contributed by atoms with Gasteiger partial charge in [0.1, 0.15) is 11.4 Å². The molecule has 0 unspecified atom stereocenters. The molecule has 2 aromatic rings. The summed E-state index contributed by atoms with van der Waals surface area (Å²) in [4.78, 5) is 15.1. The number of aromatic nitrogens is 2. The Morgan fingerprint density at radius 1 is 1.28 bits per heavy atom. The van der Waals surface area contributed by atoms with Crippen LogP contribution in [-0.4, -0.2) is 33.2 Å². The van der Waals surface area contributed by atoms with Crippen molar-refractivity contribution in [1.29, 1.82) is 0 Å². The maximum atomic E-state index is 13.1. The number of aryl methyl sites for hydroxylation is 3. The third-order valence-corrected chi connectivity index (χ3v) is 5.21. The molecule has 5 nitrogen and oxygen atoms in total. The quantitative estimate of drug-likeness (QED) is 0.908. The van der Waals surface area contributed by atoms with Crippen LogP contribution >= 0.6 is 0 Å². The first-order valence-electron chi connectivity index (χ1n) is 9.22. The zero-order chi connectivity index (χ0) is 17.8. The Bertz CT molecular complexity index is 723. The highest BCUT2D eigenvalue weighted by atomic mass is 16.2.